The number of primary amides is 1. The first-order valence-electron chi connectivity index (χ1n) is 12.5. The zero-order valence-electron chi connectivity index (χ0n) is 21.8. The van der Waals surface area contributed by atoms with Gasteiger partial charge in [-0.05, 0) is 68.8 Å². The molecule has 13 heteroatoms. The lowest BCUT2D eigenvalue weighted by atomic mass is 10.0. The Morgan fingerprint density at radius 2 is 1.88 bits per heavy atom. The number of piperidine rings is 1. The van der Waals surface area contributed by atoms with Crippen LogP contribution in [0.2, 0.25) is 5.02 Å². The van der Waals surface area contributed by atoms with E-state index in [0.717, 1.165) is 31.5 Å². The lowest BCUT2D eigenvalue weighted by Gasteiger charge is -2.33. The molecule has 0 spiro atoms. The van der Waals surface area contributed by atoms with Gasteiger partial charge in [0.25, 0.3) is 24.2 Å². The molecular weight excluding hydrogens is 543 g/mol. The number of nitrogens with one attached hydrogen (secondary N) is 2. The fraction of sp³-hybridized carbons (Fsp3) is 0.296. The van der Waals surface area contributed by atoms with Crippen LogP contribution in [0.5, 0.6) is 0 Å². The van der Waals surface area contributed by atoms with Crippen molar-refractivity contribution in [1.29, 1.82) is 0 Å². The quantitative estimate of drug-likeness (QED) is 0.301. The van der Waals surface area contributed by atoms with Crippen molar-refractivity contribution in [3.8, 4) is 5.69 Å². The van der Waals surface area contributed by atoms with Crippen LogP contribution in [0.1, 0.15) is 57.5 Å². The highest BCUT2D eigenvalue weighted by molar-refractivity contribution is 6.34. The number of hydrogen-bond acceptors (Lipinski definition) is 6. The summed E-state index contributed by atoms with van der Waals surface area (Å²) in [5.74, 6) is -2.31. The number of anilines is 1. The number of benzene rings is 2. The average Bonchev–Trinajstić information content (AvgIpc) is 3.36. The Kier molecular flexibility index (Phi) is 10.7. The van der Waals surface area contributed by atoms with E-state index in [1.807, 2.05) is 0 Å². The largest absolute Gasteiger partial charge is 0.483 e. The Morgan fingerprint density at radius 1 is 1.18 bits per heavy atom. The van der Waals surface area contributed by atoms with Gasteiger partial charge in [0.15, 0.2) is 5.69 Å². The number of amides is 3. The number of nitrogens with zero attached hydrogens (tertiary/aromatic N) is 3. The third-order valence-electron chi connectivity index (χ3n) is 6.42. The van der Waals surface area contributed by atoms with Crippen molar-refractivity contribution in [2.75, 3.05) is 25.0 Å². The zero-order valence-corrected chi connectivity index (χ0v) is 22.5. The molecule has 2 heterocycles. The molecule has 3 aromatic rings. The van der Waals surface area contributed by atoms with E-state index in [4.69, 9.17) is 27.2 Å². The predicted octanol–water partition coefficient (Wildman–Crippen LogP) is 3.32. The first-order chi connectivity index (χ1) is 19.2. The number of carbonyl (C=O) groups is 4. The number of nitrogens with two attached hydrogens (primary N) is 1. The number of likely N-dealkylation sites (tertiary alicyclic amines) is 1. The summed E-state index contributed by atoms with van der Waals surface area (Å²) in [5, 5.41) is 12.5. The van der Waals surface area contributed by atoms with E-state index in [-0.39, 0.29) is 28.4 Å². The highest BCUT2D eigenvalue weighted by Gasteiger charge is 2.24. The molecule has 0 saturated carbocycles. The summed E-state index contributed by atoms with van der Waals surface area (Å²) in [6.07, 6.45) is 4.85. The number of carboxylic acid groups (broad SMARTS) is 1. The Labute approximate surface area is 235 Å². The van der Waals surface area contributed by atoms with Crippen LogP contribution in [-0.2, 0) is 4.79 Å². The molecule has 1 aromatic heterocycles. The molecule has 0 aliphatic carbocycles. The fourth-order valence-corrected chi connectivity index (χ4v) is 4.66. The Hall–Kier alpha value is -4.29. The van der Waals surface area contributed by atoms with Crippen LogP contribution in [0, 0.1) is 5.82 Å². The molecule has 40 heavy (non-hydrogen) atoms. The molecule has 4 rings (SSSR count). The summed E-state index contributed by atoms with van der Waals surface area (Å²) in [7, 11) is 0. The van der Waals surface area contributed by atoms with Gasteiger partial charge in [-0.2, -0.15) is 0 Å². The third-order valence-corrected chi connectivity index (χ3v) is 6.73. The second kappa shape index (κ2) is 14.2. The van der Waals surface area contributed by atoms with Crippen LogP contribution in [-0.4, -0.2) is 69.4 Å². The van der Waals surface area contributed by atoms with Gasteiger partial charge in [-0.3, -0.25) is 28.6 Å². The van der Waals surface area contributed by atoms with Gasteiger partial charge in [0.1, 0.15) is 17.8 Å². The van der Waals surface area contributed by atoms with Crippen molar-refractivity contribution in [1.82, 2.24) is 19.8 Å². The molecule has 1 aliphatic heterocycles. The van der Waals surface area contributed by atoms with Crippen molar-refractivity contribution in [3.05, 3.63) is 76.6 Å². The summed E-state index contributed by atoms with van der Waals surface area (Å²) in [5.41, 5.74) is 6.50. The first kappa shape index (κ1) is 30.3. The lowest BCUT2D eigenvalue weighted by molar-refractivity contribution is -0.122. The summed E-state index contributed by atoms with van der Waals surface area (Å²) in [4.78, 5) is 52.3. The van der Waals surface area contributed by atoms with E-state index in [9.17, 15) is 18.8 Å². The minimum absolute atomic E-state index is 0.00286. The maximum absolute atomic E-state index is 13.3. The SMILES string of the molecule is C[C@H]1CCCCN1CCNC(=O)c1c(C(N)=O)ncn1-c1ccc(NC(=O)c2ccc(F)cc2Cl)cc1.O=CO. The van der Waals surface area contributed by atoms with Crippen LogP contribution in [0.25, 0.3) is 5.69 Å². The van der Waals surface area contributed by atoms with E-state index >= 15 is 0 Å². The molecule has 0 unspecified atom stereocenters. The number of rotatable bonds is 8. The van der Waals surface area contributed by atoms with Crippen molar-refractivity contribution in [2.45, 2.75) is 32.2 Å². The monoisotopic (exact) mass is 572 g/mol. The number of imidazole rings is 1. The number of halogens is 2. The maximum Gasteiger partial charge on any atom is 0.290 e. The standard InChI is InChI=1S/C26H28ClFN6O3.CH2O2/c1-16-4-2-3-12-33(16)13-11-30-26(37)23-22(24(29)35)31-15-34(23)19-8-6-18(7-9-19)32-25(36)20-10-5-17(28)14-21(20)27;2-1-3/h5-10,14-16H,2-4,11-13H2,1H3,(H2,29,35)(H,30,37)(H,32,36);1H,(H,2,3)/t16-;/m0./s1. The predicted molar refractivity (Wildman–Crippen MR) is 147 cm³/mol. The van der Waals surface area contributed by atoms with Crippen molar-refractivity contribution < 1.29 is 28.7 Å². The van der Waals surface area contributed by atoms with Gasteiger partial charge in [0.05, 0.1) is 10.6 Å². The maximum atomic E-state index is 13.3. The molecule has 3 amide bonds. The summed E-state index contributed by atoms with van der Waals surface area (Å²) < 4.78 is 14.7. The highest BCUT2D eigenvalue weighted by atomic mass is 35.5. The van der Waals surface area contributed by atoms with E-state index in [0.29, 0.717) is 30.5 Å². The minimum atomic E-state index is -0.811. The fourth-order valence-electron chi connectivity index (χ4n) is 4.41. The molecule has 2 aromatic carbocycles. The van der Waals surface area contributed by atoms with Crippen molar-refractivity contribution in [3.63, 3.8) is 0 Å². The molecule has 1 fully saturated rings. The van der Waals surface area contributed by atoms with Gasteiger partial charge < -0.3 is 21.5 Å². The van der Waals surface area contributed by atoms with Crippen LogP contribution < -0.4 is 16.4 Å². The van der Waals surface area contributed by atoms with E-state index in [1.165, 1.54) is 23.4 Å². The molecule has 5 N–H and O–H groups in total. The molecule has 11 nitrogen and oxygen atoms in total. The van der Waals surface area contributed by atoms with Crippen molar-refractivity contribution in [2.24, 2.45) is 5.73 Å². The highest BCUT2D eigenvalue weighted by Crippen LogP contribution is 2.21. The van der Waals surface area contributed by atoms with Crippen molar-refractivity contribution >= 4 is 41.5 Å². The number of aromatic nitrogens is 2. The second-order valence-electron chi connectivity index (χ2n) is 9.04. The van der Waals surface area contributed by atoms with Gasteiger partial charge in [0.2, 0.25) is 0 Å². The zero-order chi connectivity index (χ0) is 29.2. The molecule has 0 bridgehead atoms. The molecule has 1 aliphatic rings. The molecule has 1 atom stereocenters. The average molecular weight is 573 g/mol. The first-order valence-corrected chi connectivity index (χ1v) is 12.9. The summed E-state index contributed by atoms with van der Waals surface area (Å²) in [6, 6.07) is 10.5. The Bertz CT molecular complexity index is 1360. The van der Waals surface area contributed by atoms with Gasteiger partial charge in [-0.1, -0.05) is 18.0 Å². The van der Waals surface area contributed by atoms with Gasteiger partial charge in [-0.25, -0.2) is 9.37 Å². The lowest BCUT2D eigenvalue weighted by Crippen LogP contribution is -2.42. The second-order valence-corrected chi connectivity index (χ2v) is 9.45. The molecule has 0 radical (unpaired) electrons. The normalized spacial score (nSPS) is 14.9. The molecule has 212 valence electrons. The van der Waals surface area contributed by atoms with Gasteiger partial charge in [-0.15, -0.1) is 0 Å². The topological polar surface area (TPSA) is 160 Å². The summed E-state index contributed by atoms with van der Waals surface area (Å²) in [6.45, 7) is 4.06. The Morgan fingerprint density at radius 3 is 2.50 bits per heavy atom. The van der Waals surface area contributed by atoms with Crippen LogP contribution in [0.15, 0.2) is 48.8 Å². The summed E-state index contributed by atoms with van der Waals surface area (Å²) >= 11 is 5.97. The third kappa shape index (κ3) is 7.64. The van der Waals surface area contributed by atoms with Crippen LogP contribution >= 0.6 is 11.6 Å². The van der Waals surface area contributed by atoms with Crippen LogP contribution in [0.3, 0.4) is 0 Å². The van der Waals surface area contributed by atoms with E-state index in [2.05, 4.69) is 27.4 Å². The van der Waals surface area contributed by atoms with E-state index < -0.39 is 23.5 Å². The Balaban J connectivity index is 0.00000141. The van der Waals surface area contributed by atoms with Gasteiger partial charge in [0, 0.05) is 30.5 Å². The van der Waals surface area contributed by atoms with Crippen LogP contribution in [0.4, 0.5) is 10.1 Å². The number of carbonyl (C=O) groups excluding carboxylic acids is 3. The van der Waals surface area contributed by atoms with Gasteiger partial charge >= 0.3 is 0 Å². The smallest absolute Gasteiger partial charge is 0.290 e. The molecule has 1 saturated heterocycles. The van der Waals surface area contributed by atoms with E-state index in [1.54, 1.807) is 24.3 Å². The molecular formula is C27H30ClFN6O5. The number of hydrogen-bond donors (Lipinski definition) is 4. The minimum Gasteiger partial charge on any atom is -0.483 e.